The van der Waals surface area contributed by atoms with Crippen molar-refractivity contribution in [2.45, 2.75) is 28.9 Å². The van der Waals surface area contributed by atoms with E-state index in [4.69, 9.17) is 17.3 Å². The van der Waals surface area contributed by atoms with Gasteiger partial charge in [-0.25, -0.2) is 14.4 Å². The Morgan fingerprint density at radius 3 is 2.64 bits per heavy atom. The zero-order valence-corrected chi connectivity index (χ0v) is 16.5. The number of carbonyl (C=O) groups is 1. The molecule has 1 amide bonds. The maximum absolute atomic E-state index is 13.0. The van der Waals surface area contributed by atoms with E-state index in [1.807, 2.05) is 30.3 Å². The minimum Gasteiger partial charge on any atom is -0.369 e. The van der Waals surface area contributed by atoms with E-state index in [9.17, 15) is 9.18 Å². The van der Waals surface area contributed by atoms with Gasteiger partial charge in [0.2, 0.25) is 5.91 Å². The van der Waals surface area contributed by atoms with Crippen LogP contribution in [0.15, 0.2) is 59.0 Å². The van der Waals surface area contributed by atoms with E-state index in [0.29, 0.717) is 5.02 Å². The number of alkyl halides is 1. The van der Waals surface area contributed by atoms with Gasteiger partial charge in [-0.15, -0.1) is 0 Å². The largest absolute Gasteiger partial charge is 0.369 e. The number of aromatic nitrogens is 3. The van der Waals surface area contributed by atoms with Crippen LogP contribution in [0.2, 0.25) is 5.02 Å². The molecule has 2 N–H and O–H groups in total. The fraction of sp³-hybridized carbons (Fsp3) is 0.250. The molecule has 1 aliphatic carbocycles. The van der Waals surface area contributed by atoms with E-state index < -0.39 is 6.67 Å². The van der Waals surface area contributed by atoms with Gasteiger partial charge >= 0.3 is 0 Å². The number of carbonyl (C=O) groups excluding carboxylic acids is 1. The fourth-order valence-electron chi connectivity index (χ4n) is 3.21. The number of amides is 1. The molecule has 144 valence electrons. The molecule has 1 fully saturated rings. The van der Waals surface area contributed by atoms with Crippen LogP contribution in [0.5, 0.6) is 0 Å². The van der Waals surface area contributed by atoms with Gasteiger partial charge in [0, 0.05) is 17.7 Å². The third-order valence-corrected chi connectivity index (χ3v) is 6.08. The molecule has 5 nitrogen and oxygen atoms in total. The maximum Gasteiger partial charge on any atom is 0.221 e. The zero-order chi connectivity index (χ0) is 19.7. The van der Waals surface area contributed by atoms with Crippen LogP contribution in [0.25, 0.3) is 11.3 Å². The molecule has 0 aliphatic heterocycles. The number of halogens is 2. The Kier molecular flexibility index (Phi) is 5.37. The molecule has 1 aliphatic rings. The Balaban J connectivity index is 1.62. The Morgan fingerprint density at radius 2 is 2.04 bits per heavy atom. The summed E-state index contributed by atoms with van der Waals surface area (Å²) < 4.78 is 14.8. The Morgan fingerprint density at radius 1 is 1.25 bits per heavy atom. The van der Waals surface area contributed by atoms with Gasteiger partial charge in [-0.1, -0.05) is 35.9 Å². The second kappa shape index (κ2) is 7.93. The molecule has 0 saturated heterocycles. The van der Waals surface area contributed by atoms with Crippen molar-refractivity contribution < 1.29 is 9.18 Å². The van der Waals surface area contributed by atoms with Crippen LogP contribution >= 0.6 is 23.4 Å². The molecule has 2 heterocycles. The predicted octanol–water partition coefficient (Wildman–Crippen LogP) is 4.31. The average Bonchev–Trinajstić information content (AvgIpc) is 3.41. The SMILES string of the molecule is NC(=O)C1CC1c1ccc(-c2ncn(CCF)c2Sc2ccc(Cl)cn2)cc1. The molecule has 3 aromatic rings. The van der Waals surface area contributed by atoms with Crippen LogP contribution in [0.4, 0.5) is 4.39 Å². The van der Waals surface area contributed by atoms with Crippen LogP contribution in [-0.2, 0) is 11.3 Å². The topological polar surface area (TPSA) is 73.8 Å². The number of benzene rings is 1. The number of hydrogen-bond donors (Lipinski definition) is 1. The van der Waals surface area contributed by atoms with Crippen LogP contribution < -0.4 is 5.73 Å². The first-order valence-corrected chi connectivity index (χ1v) is 10.1. The van der Waals surface area contributed by atoms with Gasteiger partial charge in [-0.2, -0.15) is 0 Å². The molecule has 2 unspecified atom stereocenters. The van der Waals surface area contributed by atoms with Gasteiger partial charge in [0.05, 0.1) is 17.9 Å². The average molecular weight is 417 g/mol. The monoisotopic (exact) mass is 416 g/mol. The highest BCUT2D eigenvalue weighted by Gasteiger charge is 2.42. The van der Waals surface area contributed by atoms with E-state index in [1.165, 1.54) is 11.8 Å². The molecular weight excluding hydrogens is 399 g/mol. The lowest BCUT2D eigenvalue weighted by Crippen LogP contribution is -2.13. The molecule has 1 saturated carbocycles. The number of primary amides is 1. The van der Waals surface area contributed by atoms with Crippen molar-refractivity contribution in [3.8, 4) is 11.3 Å². The van der Waals surface area contributed by atoms with E-state index in [2.05, 4.69) is 9.97 Å². The molecular formula is C20H18ClFN4OS. The summed E-state index contributed by atoms with van der Waals surface area (Å²) in [6.07, 6.45) is 4.03. The van der Waals surface area contributed by atoms with Crippen molar-refractivity contribution >= 4 is 29.3 Å². The smallest absolute Gasteiger partial charge is 0.221 e. The van der Waals surface area contributed by atoms with Gasteiger partial charge in [0.1, 0.15) is 22.4 Å². The van der Waals surface area contributed by atoms with E-state index in [1.54, 1.807) is 23.2 Å². The van der Waals surface area contributed by atoms with Crippen molar-refractivity contribution in [1.29, 1.82) is 0 Å². The maximum atomic E-state index is 13.0. The summed E-state index contributed by atoms with van der Waals surface area (Å²) in [5.74, 6) is -0.0901. The number of rotatable bonds is 7. The molecule has 0 spiro atoms. The summed E-state index contributed by atoms with van der Waals surface area (Å²) >= 11 is 7.33. The second-order valence-electron chi connectivity index (χ2n) is 6.67. The highest BCUT2D eigenvalue weighted by atomic mass is 35.5. The Hall–Kier alpha value is -2.38. The first kappa shape index (κ1) is 19.0. The van der Waals surface area contributed by atoms with Gasteiger partial charge in [-0.05, 0) is 41.8 Å². The van der Waals surface area contributed by atoms with E-state index in [0.717, 1.165) is 33.3 Å². The Bertz CT molecular complexity index is 990. The number of pyridine rings is 1. The molecule has 8 heteroatoms. The molecule has 4 rings (SSSR count). The standard InChI is InChI=1S/C20H18ClFN4OS/c21-14-5-6-17(24-10-14)28-20-18(25-11-26(20)8-7-22)13-3-1-12(2-4-13)15-9-16(15)19(23)27/h1-6,10-11,15-16H,7-9H2,(H2,23,27). The molecule has 2 aromatic heterocycles. The van der Waals surface area contributed by atoms with Gasteiger partial charge in [0.15, 0.2) is 0 Å². The molecule has 28 heavy (non-hydrogen) atoms. The quantitative estimate of drug-likeness (QED) is 0.622. The van der Waals surface area contributed by atoms with E-state index in [-0.39, 0.29) is 24.3 Å². The number of nitrogens with zero attached hydrogens (tertiary/aromatic N) is 3. The van der Waals surface area contributed by atoms with Crippen molar-refractivity contribution in [2.24, 2.45) is 11.7 Å². The normalized spacial score (nSPS) is 18.2. The third kappa shape index (κ3) is 3.91. The summed E-state index contributed by atoms with van der Waals surface area (Å²) in [6.45, 7) is -0.254. The summed E-state index contributed by atoms with van der Waals surface area (Å²) in [6, 6.07) is 11.6. The zero-order valence-electron chi connectivity index (χ0n) is 14.9. The minimum absolute atomic E-state index is 0.0586. The lowest BCUT2D eigenvalue weighted by Gasteiger charge is -2.09. The first-order valence-electron chi connectivity index (χ1n) is 8.87. The third-order valence-electron chi connectivity index (χ3n) is 4.78. The number of imidazole rings is 1. The van der Waals surface area contributed by atoms with Crippen LogP contribution in [-0.4, -0.2) is 27.1 Å². The Labute approximate surface area is 171 Å². The summed E-state index contributed by atoms with van der Waals surface area (Å²) in [5, 5.41) is 2.14. The predicted molar refractivity (Wildman–Crippen MR) is 107 cm³/mol. The minimum atomic E-state index is -0.480. The molecule has 0 radical (unpaired) electrons. The van der Waals surface area contributed by atoms with Crippen LogP contribution in [0.3, 0.4) is 0 Å². The van der Waals surface area contributed by atoms with Crippen LogP contribution in [0.1, 0.15) is 17.9 Å². The van der Waals surface area contributed by atoms with Crippen molar-refractivity contribution in [3.63, 3.8) is 0 Å². The highest BCUT2D eigenvalue weighted by Crippen LogP contribution is 2.47. The number of aryl methyl sites for hydroxylation is 1. The summed E-state index contributed by atoms with van der Waals surface area (Å²) in [7, 11) is 0. The van der Waals surface area contributed by atoms with Crippen molar-refractivity contribution in [3.05, 3.63) is 59.5 Å². The van der Waals surface area contributed by atoms with Gasteiger partial charge in [0.25, 0.3) is 0 Å². The van der Waals surface area contributed by atoms with Crippen molar-refractivity contribution in [1.82, 2.24) is 14.5 Å². The molecule has 0 bridgehead atoms. The second-order valence-corrected chi connectivity index (χ2v) is 8.12. The first-order chi connectivity index (χ1) is 13.6. The molecule has 1 aromatic carbocycles. The summed E-state index contributed by atoms with van der Waals surface area (Å²) in [5.41, 5.74) is 8.17. The lowest BCUT2D eigenvalue weighted by atomic mass is 10.1. The number of hydrogen-bond acceptors (Lipinski definition) is 4. The lowest BCUT2D eigenvalue weighted by molar-refractivity contribution is -0.119. The number of nitrogens with two attached hydrogens (primary N) is 1. The molecule has 2 atom stereocenters. The van der Waals surface area contributed by atoms with E-state index >= 15 is 0 Å². The summed E-state index contributed by atoms with van der Waals surface area (Å²) in [4.78, 5) is 20.1. The fourth-order valence-corrected chi connectivity index (χ4v) is 4.29. The highest BCUT2D eigenvalue weighted by molar-refractivity contribution is 7.99. The van der Waals surface area contributed by atoms with Crippen molar-refractivity contribution in [2.75, 3.05) is 6.67 Å². The van der Waals surface area contributed by atoms with Gasteiger partial charge < -0.3 is 10.3 Å². The van der Waals surface area contributed by atoms with Gasteiger partial charge in [-0.3, -0.25) is 4.79 Å². The van der Waals surface area contributed by atoms with Crippen LogP contribution in [0, 0.1) is 5.92 Å².